The topological polar surface area (TPSA) is 87.1 Å². The average Bonchev–Trinajstić information content (AvgIpc) is 2.66. The Morgan fingerprint density at radius 3 is 2.32 bits per heavy atom. The van der Waals surface area contributed by atoms with E-state index in [1.807, 2.05) is 0 Å². The lowest BCUT2D eigenvalue weighted by molar-refractivity contribution is -0.151. The van der Waals surface area contributed by atoms with Gasteiger partial charge in [-0.3, -0.25) is 4.79 Å². The molecule has 0 aliphatic carbocycles. The molecule has 19 heavy (non-hydrogen) atoms. The Balaban J connectivity index is 2.88. The van der Waals surface area contributed by atoms with E-state index in [9.17, 15) is 19.8 Å². The Hall–Kier alpha value is -1.30. The second-order valence-electron chi connectivity index (χ2n) is 6.06. The van der Waals surface area contributed by atoms with E-state index in [2.05, 4.69) is 0 Å². The molecule has 0 aromatic heterocycles. The monoisotopic (exact) mass is 273 g/mol. The summed E-state index contributed by atoms with van der Waals surface area (Å²) in [7, 11) is 0. The highest BCUT2D eigenvalue weighted by Crippen LogP contribution is 2.39. The number of carboxylic acids is 1. The zero-order chi connectivity index (χ0) is 14.8. The van der Waals surface area contributed by atoms with E-state index in [-0.39, 0.29) is 19.7 Å². The SMILES string of the molecule is CC[C@]1(C(=O)O)CN(C(=O)OC(C)(C)C)C[C@H]1CO. The number of ether oxygens (including phenoxy) is 1. The number of carbonyl (C=O) groups excluding carboxylic acids is 1. The minimum Gasteiger partial charge on any atom is -0.481 e. The van der Waals surface area contributed by atoms with Gasteiger partial charge < -0.3 is 19.8 Å². The van der Waals surface area contributed by atoms with E-state index in [0.29, 0.717) is 6.42 Å². The van der Waals surface area contributed by atoms with Crippen LogP contribution in [0.15, 0.2) is 0 Å². The van der Waals surface area contributed by atoms with E-state index < -0.39 is 29.0 Å². The van der Waals surface area contributed by atoms with Gasteiger partial charge in [0.2, 0.25) is 0 Å². The number of aliphatic hydroxyl groups excluding tert-OH is 1. The number of amides is 1. The first-order valence-electron chi connectivity index (χ1n) is 6.48. The van der Waals surface area contributed by atoms with Gasteiger partial charge in [0, 0.05) is 25.6 Å². The van der Waals surface area contributed by atoms with E-state index in [4.69, 9.17) is 4.74 Å². The summed E-state index contributed by atoms with van der Waals surface area (Å²) in [5, 5.41) is 18.8. The smallest absolute Gasteiger partial charge is 0.410 e. The van der Waals surface area contributed by atoms with Gasteiger partial charge in [-0.15, -0.1) is 0 Å². The van der Waals surface area contributed by atoms with Crippen molar-refractivity contribution in [1.29, 1.82) is 0 Å². The van der Waals surface area contributed by atoms with Crippen LogP contribution < -0.4 is 0 Å². The van der Waals surface area contributed by atoms with Crippen LogP contribution in [-0.4, -0.2) is 52.5 Å². The van der Waals surface area contributed by atoms with Gasteiger partial charge in [0.15, 0.2) is 0 Å². The number of carboxylic acid groups (broad SMARTS) is 1. The van der Waals surface area contributed by atoms with Gasteiger partial charge in [-0.2, -0.15) is 0 Å². The summed E-state index contributed by atoms with van der Waals surface area (Å²) in [6, 6.07) is 0. The highest BCUT2D eigenvalue weighted by atomic mass is 16.6. The summed E-state index contributed by atoms with van der Waals surface area (Å²) in [4.78, 5) is 24.8. The fourth-order valence-electron chi connectivity index (χ4n) is 2.47. The number of likely N-dealkylation sites (tertiary alicyclic amines) is 1. The average molecular weight is 273 g/mol. The maximum atomic E-state index is 12.0. The normalized spacial score (nSPS) is 27.4. The largest absolute Gasteiger partial charge is 0.481 e. The first kappa shape index (κ1) is 15.8. The summed E-state index contributed by atoms with van der Waals surface area (Å²) >= 11 is 0. The molecule has 0 bridgehead atoms. The third-order valence-corrected chi connectivity index (χ3v) is 3.62. The molecule has 1 rings (SSSR count). The van der Waals surface area contributed by atoms with E-state index in [1.165, 1.54) is 4.90 Å². The molecule has 0 unspecified atom stereocenters. The number of hydrogen-bond acceptors (Lipinski definition) is 4. The summed E-state index contributed by atoms with van der Waals surface area (Å²) < 4.78 is 5.24. The van der Waals surface area contributed by atoms with Gasteiger partial charge in [0.1, 0.15) is 5.60 Å². The van der Waals surface area contributed by atoms with Gasteiger partial charge in [-0.05, 0) is 27.2 Å². The molecule has 0 aromatic rings. The molecular formula is C13H23NO5. The molecular weight excluding hydrogens is 250 g/mol. The van der Waals surface area contributed by atoms with Crippen LogP contribution in [0.1, 0.15) is 34.1 Å². The molecule has 2 N–H and O–H groups in total. The van der Waals surface area contributed by atoms with Crippen LogP contribution in [0.4, 0.5) is 4.79 Å². The van der Waals surface area contributed by atoms with E-state index in [1.54, 1.807) is 27.7 Å². The molecule has 1 saturated heterocycles. The second kappa shape index (κ2) is 5.36. The molecule has 1 amide bonds. The number of aliphatic carboxylic acids is 1. The summed E-state index contributed by atoms with van der Waals surface area (Å²) in [6.07, 6.45) is -0.158. The summed E-state index contributed by atoms with van der Waals surface area (Å²) in [6.45, 7) is 7.08. The van der Waals surface area contributed by atoms with Crippen molar-refractivity contribution >= 4 is 12.1 Å². The lowest BCUT2D eigenvalue weighted by atomic mass is 9.76. The van der Waals surface area contributed by atoms with Crippen LogP contribution in [-0.2, 0) is 9.53 Å². The van der Waals surface area contributed by atoms with Crippen molar-refractivity contribution in [2.45, 2.75) is 39.7 Å². The van der Waals surface area contributed by atoms with Crippen LogP contribution in [0.3, 0.4) is 0 Å². The molecule has 6 heteroatoms. The molecule has 1 aliphatic rings. The zero-order valence-corrected chi connectivity index (χ0v) is 12.0. The lowest BCUT2D eigenvalue weighted by Crippen LogP contribution is -2.41. The van der Waals surface area contributed by atoms with Gasteiger partial charge >= 0.3 is 12.1 Å². The van der Waals surface area contributed by atoms with Crippen LogP contribution in [0, 0.1) is 11.3 Å². The molecule has 0 aromatic carbocycles. The van der Waals surface area contributed by atoms with Gasteiger partial charge in [0.25, 0.3) is 0 Å². The van der Waals surface area contributed by atoms with Gasteiger partial charge in [-0.25, -0.2) is 4.79 Å². The Morgan fingerprint density at radius 2 is 2.00 bits per heavy atom. The molecule has 0 radical (unpaired) electrons. The summed E-state index contributed by atoms with van der Waals surface area (Å²) in [5.74, 6) is -1.43. The third-order valence-electron chi connectivity index (χ3n) is 3.62. The van der Waals surface area contributed by atoms with Gasteiger partial charge in [-0.1, -0.05) is 6.92 Å². The zero-order valence-electron chi connectivity index (χ0n) is 12.0. The standard InChI is InChI=1S/C13H23NO5/c1-5-13(10(16)17)8-14(6-9(13)7-15)11(18)19-12(2,3)4/h9,15H,5-8H2,1-4H3,(H,16,17)/t9-,13-/m0/s1. The second-order valence-corrected chi connectivity index (χ2v) is 6.06. The van der Waals surface area contributed by atoms with E-state index >= 15 is 0 Å². The quantitative estimate of drug-likeness (QED) is 0.810. The third kappa shape index (κ3) is 3.18. The highest BCUT2D eigenvalue weighted by molar-refractivity contribution is 5.78. The minimum absolute atomic E-state index is 0.0823. The molecule has 110 valence electrons. The molecule has 1 heterocycles. The van der Waals surface area contributed by atoms with Crippen molar-refractivity contribution in [1.82, 2.24) is 4.90 Å². The fourth-order valence-corrected chi connectivity index (χ4v) is 2.47. The molecule has 6 nitrogen and oxygen atoms in total. The highest BCUT2D eigenvalue weighted by Gasteiger charge is 2.52. The van der Waals surface area contributed by atoms with Crippen molar-refractivity contribution in [2.24, 2.45) is 11.3 Å². The predicted octanol–water partition coefficient (Wildman–Crippen LogP) is 1.33. The van der Waals surface area contributed by atoms with E-state index in [0.717, 1.165) is 0 Å². The number of nitrogens with zero attached hydrogens (tertiary/aromatic N) is 1. The van der Waals surface area contributed by atoms with Crippen LogP contribution >= 0.6 is 0 Å². The Bertz CT molecular complexity index is 363. The number of carbonyl (C=O) groups is 2. The van der Waals surface area contributed by atoms with Crippen LogP contribution in [0.2, 0.25) is 0 Å². The van der Waals surface area contributed by atoms with Crippen molar-refractivity contribution in [2.75, 3.05) is 19.7 Å². The maximum Gasteiger partial charge on any atom is 0.410 e. The van der Waals surface area contributed by atoms with Crippen molar-refractivity contribution in [3.63, 3.8) is 0 Å². The molecule has 0 spiro atoms. The first-order valence-corrected chi connectivity index (χ1v) is 6.48. The van der Waals surface area contributed by atoms with Crippen LogP contribution in [0.5, 0.6) is 0 Å². The maximum absolute atomic E-state index is 12.0. The first-order chi connectivity index (χ1) is 8.66. The van der Waals surface area contributed by atoms with Crippen molar-refractivity contribution < 1.29 is 24.5 Å². The van der Waals surface area contributed by atoms with Crippen LogP contribution in [0.25, 0.3) is 0 Å². The molecule has 0 saturated carbocycles. The Kier molecular flexibility index (Phi) is 4.45. The number of rotatable bonds is 3. The minimum atomic E-state index is -1.08. The van der Waals surface area contributed by atoms with Crippen molar-refractivity contribution in [3.05, 3.63) is 0 Å². The fraction of sp³-hybridized carbons (Fsp3) is 0.846. The predicted molar refractivity (Wildman–Crippen MR) is 68.7 cm³/mol. The van der Waals surface area contributed by atoms with Gasteiger partial charge in [0.05, 0.1) is 5.41 Å². The molecule has 2 atom stereocenters. The summed E-state index contributed by atoms with van der Waals surface area (Å²) in [5.41, 5.74) is -1.70. The lowest BCUT2D eigenvalue weighted by Gasteiger charge is -2.28. The Morgan fingerprint density at radius 1 is 1.42 bits per heavy atom. The molecule has 1 aliphatic heterocycles. The number of aliphatic hydroxyl groups is 1. The molecule has 1 fully saturated rings. The number of hydrogen-bond donors (Lipinski definition) is 2. The van der Waals surface area contributed by atoms with Crippen molar-refractivity contribution in [3.8, 4) is 0 Å². The Labute approximate surface area is 113 Å².